The number of nitrogens with one attached hydrogen (secondary N) is 1. The zero-order valence-electron chi connectivity index (χ0n) is 11.9. The summed E-state index contributed by atoms with van der Waals surface area (Å²) in [5, 5.41) is 12.9. The third kappa shape index (κ3) is 3.20. The minimum atomic E-state index is -0.783. The van der Waals surface area contributed by atoms with Gasteiger partial charge in [0.1, 0.15) is 12.1 Å². The van der Waals surface area contributed by atoms with Gasteiger partial charge in [0.2, 0.25) is 0 Å². The zero-order chi connectivity index (χ0) is 15.4. The van der Waals surface area contributed by atoms with Crippen LogP contribution in [0.1, 0.15) is 12.0 Å². The summed E-state index contributed by atoms with van der Waals surface area (Å²) in [4.78, 5) is 19.1. The molecule has 0 aliphatic heterocycles. The van der Waals surface area contributed by atoms with Gasteiger partial charge in [0.25, 0.3) is 0 Å². The maximum absolute atomic E-state index is 10.6. The monoisotopic (exact) mass is 293 g/mol. The number of para-hydroxylation sites is 1. The number of hydrogen-bond acceptors (Lipinski definition) is 4. The number of fused-ring (bicyclic) bond motifs is 1. The van der Waals surface area contributed by atoms with Crippen molar-refractivity contribution >= 4 is 28.4 Å². The molecule has 0 radical (unpaired) electrons. The molecule has 0 saturated carbocycles. The van der Waals surface area contributed by atoms with Gasteiger partial charge >= 0.3 is 5.97 Å². The molecule has 1 heterocycles. The molecule has 2 N–H and O–H groups in total. The lowest BCUT2D eigenvalue weighted by Gasteiger charge is -2.08. The van der Waals surface area contributed by atoms with Gasteiger partial charge in [-0.3, -0.25) is 4.79 Å². The van der Waals surface area contributed by atoms with Crippen molar-refractivity contribution in [2.75, 3.05) is 5.32 Å². The summed E-state index contributed by atoms with van der Waals surface area (Å²) in [6.45, 7) is 0. The van der Waals surface area contributed by atoms with Gasteiger partial charge in [-0.2, -0.15) is 0 Å². The van der Waals surface area contributed by atoms with Crippen LogP contribution in [0.5, 0.6) is 0 Å². The van der Waals surface area contributed by atoms with Gasteiger partial charge in [-0.1, -0.05) is 24.3 Å². The molecular formula is C17H15N3O2. The van der Waals surface area contributed by atoms with Crippen LogP contribution in [-0.4, -0.2) is 21.0 Å². The molecule has 0 aliphatic carbocycles. The van der Waals surface area contributed by atoms with Crippen molar-refractivity contribution < 1.29 is 9.90 Å². The Kier molecular flexibility index (Phi) is 3.96. The van der Waals surface area contributed by atoms with Crippen LogP contribution < -0.4 is 5.32 Å². The Morgan fingerprint density at radius 2 is 1.82 bits per heavy atom. The lowest BCUT2D eigenvalue weighted by molar-refractivity contribution is -0.136. The Morgan fingerprint density at radius 1 is 1.05 bits per heavy atom. The van der Waals surface area contributed by atoms with Crippen LogP contribution in [0, 0.1) is 0 Å². The smallest absolute Gasteiger partial charge is 0.303 e. The summed E-state index contributed by atoms with van der Waals surface area (Å²) in [5.41, 5.74) is 2.79. The van der Waals surface area contributed by atoms with E-state index >= 15 is 0 Å². The Balaban J connectivity index is 1.79. The molecular weight excluding hydrogens is 278 g/mol. The van der Waals surface area contributed by atoms with Gasteiger partial charge in [-0.25, -0.2) is 9.97 Å². The van der Waals surface area contributed by atoms with Crippen LogP contribution in [0.4, 0.5) is 11.5 Å². The average molecular weight is 293 g/mol. The Bertz CT molecular complexity index is 795. The Hall–Kier alpha value is -2.95. The van der Waals surface area contributed by atoms with Crippen LogP contribution in [0.25, 0.3) is 10.9 Å². The quantitative estimate of drug-likeness (QED) is 0.754. The minimum Gasteiger partial charge on any atom is -0.481 e. The molecule has 22 heavy (non-hydrogen) atoms. The molecule has 5 heteroatoms. The number of nitrogens with zero attached hydrogens (tertiary/aromatic N) is 2. The van der Waals surface area contributed by atoms with E-state index in [0.29, 0.717) is 6.42 Å². The first-order valence-corrected chi connectivity index (χ1v) is 7.00. The topological polar surface area (TPSA) is 75.1 Å². The molecule has 1 aromatic heterocycles. The van der Waals surface area contributed by atoms with E-state index in [1.165, 1.54) is 6.33 Å². The fourth-order valence-corrected chi connectivity index (χ4v) is 2.25. The first kappa shape index (κ1) is 14.0. The molecule has 0 unspecified atom stereocenters. The fourth-order valence-electron chi connectivity index (χ4n) is 2.25. The number of anilines is 2. The molecule has 0 spiro atoms. The van der Waals surface area contributed by atoms with Crippen LogP contribution in [0.3, 0.4) is 0 Å². The van der Waals surface area contributed by atoms with Gasteiger partial charge < -0.3 is 10.4 Å². The summed E-state index contributed by atoms with van der Waals surface area (Å²) in [7, 11) is 0. The highest BCUT2D eigenvalue weighted by Gasteiger charge is 2.04. The molecule has 0 amide bonds. The lowest BCUT2D eigenvalue weighted by atomic mass is 10.1. The van der Waals surface area contributed by atoms with Crippen molar-refractivity contribution in [1.82, 2.24) is 9.97 Å². The maximum Gasteiger partial charge on any atom is 0.303 e. The molecule has 0 atom stereocenters. The predicted molar refractivity (Wildman–Crippen MR) is 85.2 cm³/mol. The number of rotatable bonds is 5. The number of hydrogen-bond donors (Lipinski definition) is 2. The number of aromatic nitrogens is 2. The molecule has 0 aliphatic rings. The van der Waals surface area contributed by atoms with Gasteiger partial charge in [-0.05, 0) is 36.2 Å². The standard InChI is InChI=1S/C17H15N3O2/c21-16(22)10-7-12-5-8-13(9-6-12)20-17-14-3-1-2-4-15(14)18-11-19-17/h1-6,8-9,11H,7,10H2,(H,21,22)(H,18,19,20). The minimum absolute atomic E-state index is 0.142. The van der Waals surface area contributed by atoms with Crippen molar-refractivity contribution in [2.45, 2.75) is 12.8 Å². The highest BCUT2D eigenvalue weighted by atomic mass is 16.4. The van der Waals surface area contributed by atoms with Gasteiger partial charge in [0, 0.05) is 17.5 Å². The van der Waals surface area contributed by atoms with E-state index in [4.69, 9.17) is 5.11 Å². The number of carboxylic acid groups (broad SMARTS) is 1. The second-order valence-electron chi connectivity index (χ2n) is 4.96. The molecule has 0 fully saturated rings. The second-order valence-corrected chi connectivity index (χ2v) is 4.96. The third-order valence-corrected chi connectivity index (χ3v) is 3.39. The summed E-state index contributed by atoms with van der Waals surface area (Å²) < 4.78 is 0. The highest BCUT2D eigenvalue weighted by molar-refractivity contribution is 5.90. The molecule has 2 aromatic carbocycles. The third-order valence-electron chi connectivity index (χ3n) is 3.39. The molecule has 110 valence electrons. The summed E-state index contributed by atoms with van der Waals surface area (Å²) in [6, 6.07) is 15.5. The van der Waals surface area contributed by atoms with Crippen molar-refractivity contribution in [3.8, 4) is 0 Å². The average Bonchev–Trinajstić information content (AvgIpc) is 2.54. The van der Waals surface area contributed by atoms with Crippen LogP contribution in [0.2, 0.25) is 0 Å². The van der Waals surface area contributed by atoms with E-state index in [0.717, 1.165) is 28.0 Å². The Labute approximate surface area is 127 Å². The molecule has 3 aromatic rings. The fraction of sp³-hybridized carbons (Fsp3) is 0.118. The molecule has 0 bridgehead atoms. The highest BCUT2D eigenvalue weighted by Crippen LogP contribution is 2.22. The van der Waals surface area contributed by atoms with E-state index in [2.05, 4.69) is 15.3 Å². The van der Waals surface area contributed by atoms with Crippen LogP contribution >= 0.6 is 0 Å². The second kappa shape index (κ2) is 6.22. The lowest BCUT2D eigenvalue weighted by Crippen LogP contribution is -1.98. The normalized spacial score (nSPS) is 10.5. The first-order chi connectivity index (χ1) is 10.7. The summed E-state index contributed by atoms with van der Waals surface area (Å²) >= 11 is 0. The van der Waals surface area contributed by atoms with E-state index in [1.807, 2.05) is 48.5 Å². The van der Waals surface area contributed by atoms with E-state index in [9.17, 15) is 4.79 Å². The van der Waals surface area contributed by atoms with Crippen molar-refractivity contribution in [1.29, 1.82) is 0 Å². The summed E-state index contributed by atoms with van der Waals surface area (Å²) in [5.74, 6) is -0.0291. The van der Waals surface area contributed by atoms with E-state index < -0.39 is 5.97 Å². The largest absolute Gasteiger partial charge is 0.481 e. The van der Waals surface area contributed by atoms with Crippen LogP contribution in [0.15, 0.2) is 54.9 Å². The molecule has 5 nitrogen and oxygen atoms in total. The van der Waals surface area contributed by atoms with Gasteiger partial charge in [-0.15, -0.1) is 0 Å². The van der Waals surface area contributed by atoms with Crippen molar-refractivity contribution in [3.05, 3.63) is 60.4 Å². The number of aliphatic carboxylic acids is 1. The number of carboxylic acids is 1. The maximum atomic E-state index is 10.6. The first-order valence-electron chi connectivity index (χ1n) is 7.00. The van der Waals surface area contributed by atoms with Gasteiger partial charge in [0.15, 0.2) is 0 Å². The van der Waals surface area contributed by atoms with E-state index in [-0.39, 0.29) is 6.42 Å². The molecule has 3 rings (SSSR count). The van der Waals surface area contributed by atoms with Crippen molar-refractivity contribution in [2.24, 2.45) is 0 Å². The number of aryl methyl sites for hydroxylation is 1. The number of benzene rings is 2. The molecule has 0 saturated heterocycles. The Morgan fingerprint density at radius 3 is 2.59 bits per heavy atom. The number of carbonyl (C=O) groups is 1. The SMILES string of the molecule is O=C(O)CCc1ccc(Nc2ncnc3ccccc23)cc1. The predicted octanol–water partition coefficient (Wildman–Crippen LogP) is 3.39. The van der Waals surface area contributed by atoms with Crippen molar-refractivity contribution in [3.63, 3.8) is 0 Å². The zero-order valence-corrected chi connectivity index (χ0v) is 11.9. The van der Waals surface area contributed by atoms with E-state index in [1.54, 1.807) is 0 Å². The summed E-state index contributed by atoms with van der Waals surface area (Å²) in [6.07, 6.45) is 2.21. The van der Waals surface area contributed by atoms with Crippen LogP contribution in [-0.2, 0) is 11.2 Å². The van der Waals surface area contributed by atoms with Gasteiger partial charge in [0.05, 0.1) is 5.52 Å².